The molecule has 2 heteroatoms. The van der Waals surface area contributed by atoms with Crippen LogP contribution < -0.4 is 0 Å². The zero-order chi connectivity index (χ0) is 6.95. The van der Waals surface area contributed by atoms with Crippen molar-refractivity contribution in [1.29, 1.82) is 0 Å². The van der Waals surface area contributed by atoms with Gasteiger partial charge in [0, 0.05) is 0 Å². The summed E-state index contributed by atoms with van der Waals surface area (Å²) >= 11 is 0.0146. The molecule has 10 heavy (non-hydrogen) atoms. The van der Waals surface area contributed by atoms with E-state index in [0.717, 1.165) is 0 Å². The summed E-state index contributed by atoms with van der Waals surface area (Å²) in [6, 6.07) is 0. The minimum Gasteiger partial charge on any atom is -2.00 e. The predicted octanol–water partition coefficient (Wildman–Crippen LogP) is 3.39. The predicted molar refractivity (Wildman–Crippen MR) is 40.1 cm³/mol. The Labute approximate surface area is 72.5 Å². The Morgan fingerprint density at radius 3 is 1.60 bits per heavy atom. The monoisotopic (exact) mass is 194 g/mol. The van der Waals surface area contributed by atoms with Crippen molar-refractivity contribution in [2.24, 2.45) is 0 Å². The van der Waals surface area contributed by atoms with Gasteiger partial charge in [-0.2, -0.15) is 0 Å². The Morgan fingerprint density at radius 2 is 1.30 bits per heavy atom. The van der Waals surface area contributed by atoms with Gasteiger partial charge in [-0.25, -0.2) is 0 Å². The largest absolute Gasteiger partial charge is 2.00 e. The van der Waals surface area contributed by atoms with Crippen molar-refractivity contribution in [3.63, 3.8) is 0 Å². The van der Waals surface area contributed by atoms with Crippen LogP contribution in [0.5, 0.6) is 0 Å². The molecule has 0 radical (unpaired) electrons. The fraction of sp³-hybridized carbons (Fsp3) is 1.00. The van der Waals surface area contributed by atoms with Crippen LogP contribution >= 0.6 is 0 Å². The van der Waals surface area contributed by atoms with Gasteiger partial charge in [0.05, 0.1) is 0 Å². The summed E-state index contributed by atoms with van der Waals surface area (Å²) in [5, 5.41) is 3.28. The van der Waals surface area contributed by atoms with Crippen molar-refractivity contribution < 1.29 is 22.6 Å². The SMILES string of the molecule is CCC[CH2][Zn][CH2]CCC.[O-2]. The fourth-order valence-electron chi connectivity index (χ4n) is 1.03. The van der Waals surface area contributed by atoms with Gasteiger partial charge in [0.15, 0.2) is 0 Å². The molecule has 0 aromatic rings. The van der Waals surface area contributed by atoms with Crippen molar-refractivity contribution in [2.45, 2.75) is 49.6 Å². The van der Waals surface area contributed by atoms with E-state index in [-0.39, 0.29) is 22.6 Å². The van der Waals surface area contributed by atoms with Gasteiger partial charge in [0.1, 0.15) is 0 Å². The molecule has 0 aliphatic carbocycles. The Bertz CT molecular complexity index is 42.5. The molecule has 0 bridgehead atoms. The van der Waals surface area contributed by atoms with Gasteiger partial charge in [-0.3, -0.25) is 0 Å². The van der Waals surface area contributed by atoms with Crippen molar-refractivity contribution >= 4 is 0 Å². The zero-order valence-electron chi connectivity index (χ0n) is 7.36. The van der Waals surface area contributed by atoms with E-state index in [0.29, 0.717) is 0 Å². The topological polar surface area (TPSA) is 28.5 Å². The van der Waals surface area contributed by atoms with Crippen LogP contribution in [0.25, 0.3) is 0 Å². The van der Waals surface area contributed by atoms with E-state index in [1.807, 2.05) is 0 Å². The molecule has 0 spiro atoms. The first-order valence-corrected chi connectivity index (χ1v) is 8.61. The maximum atomic E-state index is 2.29. The first kappa shape index (κ1) is 13.2. The molecule has 0 unspecified atom stereocenters. The summed E-state index contributed by atoms with van der Waals surface area (Å²) in [4.78, 5) is 0. The van der Waals surface area contributed by atoms with E-state index in [4.69, 9.17) is 0 Å². The molecule has 0 aromatic heterocycles. The molecule has 0 heterocycles. The molecule has 0 fully saturated rings. The maximum Gasteiger partial charge on any atom is -2.00 e. The van der Waals surface area contributed by atoms with Crippen LogP contribution in [0.2, 0.25) is 10.0 Å². The van der Waals surface area contributed by atoms with Crippen molar-refractivity contribution in [3.8, 4) is 0 Å². The molecule has 0 N–H and O–H groups in total. The molecular weight excluding hydrogens is 177 g/mol. The third-order valence-corrected chi connectivity index (χ3v) is 5.90. The Morgan fingerprint density at radius 1 is 0.900 bits per heavy atom. The maximum absolute atomic E-state index is 2.29. The molecule has 0 atom stereocenters. The van der Waals surface area contributed by atoms with Crippen LogP contribution in [0, 0.1) is 0 Å². The average molecular weight is 196 g/mol. The normalized spacial score (nSPS) is 8.20. The Hall–Kier alpha value is 0.583. The molecule has 0 saturated carbocycles. The van der Waals surface area contributed by atoms with Gasteiger partial charge < -0.3 is 5.48 Å². The first-order chi connectivity index (χ1) is 4.41. The van der Waals surface area contributed by atoms with Crippen LogP contribution in [0.4, 0.5) is 0 Å². The molecule has 0 aliphatic heterocycles. The second kappa shape index (κ2) is 12.3. The van der Waals surface area contributed by atoms with Gasteiger partial charge in [-0.15, -0.1) is 0 Å². The standard InChI is InChI=1S/2C4H9.O.Zn/c2*1-3-4-2;;/h2*1,3-4H2,2H3;;/q;;-2;. The van der Waals surface area contributed by atoms with E-state index in [2.05, 4.69) is 13.8 Å². The van der Waals surface area contributed by atoms with Gasteiger partial charge in [0.2, 0.25) is 0 Å². The quantitative estimate of drug-likeness (QED) is 0.459. The van der Waals surface area contributed by atoms with Crippen LogP contribution in [0.15, 0.2) is 0 Å². The van der Waals surface area contributed by atoms with Crippen LogP contribution in [-0.2, 0) is 22.6 Å². The average Bonchev–Trinajstić information content (AvgIpc) is 1.89. The number of hydrogen-bond acceptors (Lipinski definition) is 0. The second-order valence-corrected chi connectivity index (χ2v) is 7.22. The number of hydrogen-bond donors (Lipinski definition) is 0. The molecule has 1 nitrogen and oxygen atoms in total. The smallest absolute Gasteiger partial charge is 2.00 e. The number of unbranched alkanes of at least 4 members (excludes halogenated alkanes) is 2. The zero-order valence-corrected chi connectivity index (χ0v) is 10.3. The third-order valence-electron chi connectivity index (χ3n) is 1.71. The van der Waals surface area contributed by atoms with E-state index in [1.165, 1.54) is 25.7 Å². The number of rotatable bonds is 6. The third kappa shape index (κ3) is 11.4. The summed E-state index contributed by atoms with van der Waals surface area (Å²) in [6.07, 6.45) is 5.86. The summed E-state index contributed by atoms with van der Waals surface area (Å²) < 4.78 is 0. The van der Waals surface area contributed by atoms with Gasteiger partial charge in [-0.05, 0) is 0 Å². The minimum absolute atomic E-state index is 0. The van der Waals surface area contributed by atoms with E-state index >= 15 is 0 Å². The van der Waals surface area contributed by atoms with Crippen LogP contribution in [-0.4, -0.2) is 0 Å². The second-order valence-electron chi connectivity index (χ2n) is 2.77. The van der Waals surface area contributed by atoms with Crippen LogP contribution in [0.1, 0.15) is 39.5 Å². The molecule has 60 valence electrons. The minimum atomic E-state index is 0. The molecule has 0 aliphatic rings. The van der Waals surface area contributed by atoms with Crippen molar-refractivity contribution in [2.75, 3.05) is 0 Å². The summed E-state index contributed by atoms with van der Waals surface area (Å²) in [5.74, 6) is 0. The van der Waals surface area contributed by atoms with E-state index in [9.17, 15) is 0 Å². The first-order valence-electron chi connectivity index (χ1n) is 4.41. The summed E-state index contributed by atoms with van der Waals surface area (Å²) in [6.45, 7) is 4.59. The molecule has 0 rings (SSSR count). The van der Waals surface area contributed by atoms with Gasteiger partial charge in [-0.1, -0.05) is 0 Å². The van der Waals surface area contributed by atoms with E-state index < -0.39 is 0 Å². The molecule has 0 aromatic carbocycles. The van der Waals surface area contributed by atoms with Crippen molar-refractivity contribution in [3.05, 3.63) is 0 Å². The fourth-order valence-corrected chi connectivity index (χ4v) is 5.35. The Balaban J connectivity index is 0. The van der Waals surface area contributed by atoms with Crippen molar-refractivity contribution in [1.82, 2.24) is 0 Å². The summed E-state index contributed by atoms with van der Waals surface area (Å²) in [7, 11) is 0. The molecule has 0 amide bonds. The Kier molecular flexibility index (Phi) is 16.2. The van der Waals surface area contributed by atoms with Gasteiger partial charge in [0.25, 0.3) is 0 Å². The molecule has 0 saturated heterocycles. The van der Waals surface area contributed by atoms with Crippen LogP contribution in [0.3, 0.4) is 0 Å². The summed E-state index contributed by atoms with van der Waals surface area (Å²) in [5.41, 5.74) is 0. The van der Waals surface area contributed by atoms with E-state index in [1.54, 1.807) is 10.0 Å². The molecular formula is C8H18OZn-2. The van der Waals surface area contributed by atoms with Gasteiger partial charge >= 0.3 is 66.7 Å².